The van der Waals surface area contributed by atoms with Crippen LogP contribution < -0.4 is 5.73 Å². The molecule has 1 aliphatic rings. The van der Waals surface area contributed by atoms with E-state index in [1.165, 1.54) is 19.3 Å². The Morgan fingerprint density at radius 2 is 1.56 bits per heavy atom. The second kappa shape index (κ2) is 5.99. The van der Waals surface area contributed by atoms with Gasteiger partial charge in [0.15, 0.2) is 5.79 Å². The predicted octanol–water partition coefficient (Wildman–Crippen LogP) is 2.68. The molecule has 1 saturated carbocycles. The minimum absolute atomic E-state index is 0.0112. The molecule has 0 aromatic heterocycles. The van der Waals surface area contributed by atoms with E-state index in [0.717, 1.165) is 12.8 Å². The van der Waals surface area contributed by atoms with Gasteiger partial charge < -0.3 is 15.2 Å². The van der Waals surface area contributed by atoms with Gasteiger partial charge in [-0.05, 0) is 33.6 Å². The van der Waals surface area contributed by atoms with Gasteiger partial charge in [-0.25, -0.2) is 0 Å². The molecule has 2 N–H and O–H groups in total. The Morgan fingerprint density at radius 1 is 1.06 bits per heavy atom. The lowest BCUT2D eigenvalue weighted by Gasteiger charge is -2.49. The summed E-state index contributed by atoms with van der Waals surface area (Å²) in [6, 6.07) is 0. The predicted molar refractivity (Wildman–Crippen MR) is 66.2 cm³/mol. The van der Waals surface area contributed by atoms with Gasteiger partial charge in [0.25, 0.3) is 0 Å². The number of hydrogen-bond acceptors (Lipinski definition) is 3. The van der Waals surface area contributed by atoms with E-state index in [1.54, 1.807) is 0 Å². The Kier molecular flexibility index (Phi) is 5.22. The Labute approximate surface area is 99.7 Å². The smallest absolute Gasteiger partial charge is 0.172 e. The first-order chi connectivity index (χ1) is 7.64. The Bertz CT molecular complexity index is 194. The van der Waals surface area contributed by atoms with Crippen LogP contribution in [-0.2, 0) is 9.47 Å². The summed E-state index contributed by atoms with van der Waals surface area (Å²) in [5.74, 6) is -0.508. The number of hydrogen-bond donors (Lipinski definition) is 1. The van der Waals surface area contributed by atoms with Crippen molar-refractivity contribution in [1.82, 2.24) is 0 Å². The summed E-state index contributed by atoms with van der Waals surface area (Å²) in [4.78, 5) is 0. The zero-order chi connectivity index (χ0) is 12.1. The van der Waals surface area contributed by atoms with Gasteiger partial charge in [-0.2, -0.15) is 0 Å². The fourth-order valence-electron chi connectivity index (χ4n) is 2.97. The molecule has 0 bridgehead atoms. The molecule has 0 aliphatic heterocycles. The number of rotatable bonds is 6. The summed E-state index contributed by atoms with van der Waals surface area (Å²) in [5, 5.41) is 0. The third kappa shape index (κ3) is 2.58. The van der Waals surface area contributed by atoms with Gasteiger partial charge in [-0.3, -0.25) is 0 Å². The molecule has 0 amide bonds. The van der Waals surface area contributed by atoms with Gasteiger partial charge in [-0.1, -0.05) is 19.3 Å². The van der Waals surface area contributed by atoms with Crippen LogP contribution in [0.1, 0.15) is 52.9 Å². The van der Waals surface area contributed by atoms with Gasteiger partial charge >= 0.3 is 0 Å². The zero-order valence-electron chi connectivity index (χ0n) is 11.1. The highest BCUT2D eigenvalue weighted by molar-refractivity contribution is 4.94. The van der Waals surface area contributed by atoms with Gasteiger partial charge in [0, 0.05) is 25.2 Å². The van der Waals surface area contributed by atoms with Crippen LogP contribution in [-0.4, -0.2) is 25.5 Å². The molecule has 0 radical (unpaired) electrons. The van der Waals surface area contributed by atoms with Crippen molar-refractivity contribution in [3.05, 3.63) is 0 Å². The third-order valence-corrected chi connectivity index (χ3v) is 4.00. The molecule has 3 heteroatoms. The quantitative estimate of drug-likeness (QED) is 0.712. The molecule has 0 spiro atoms. The first-order valence-corrected chi connectivity index (χ1v) is 6.62. The summed E-state index contributed by atoms with van der Waals surface area (Å²) in [6.45, 7) is 8.12. The monoisotopic (exact) mass is 229 g/mol. The lowest BCUT2D eigenvalue weighted by Crippen LogP contribution is -2.55. The summed E-state index contributed by atoms with van der Waals surface area (Å²) < 4.78 is 11.8. The van der Waals surface area contributed by atoms with Crippen molar-refractivity contribution < 1.29 is 9.47 Å². The van der Waals surface area contributed by atoms with Crippen LogP contribution in [0.5, 0.6) is 0 Å². The third-order valence-electron chi connectivity index (χ3n) is 4.00. The lowest BCUT2D eigenvalue weighted by atomic mass is 9.68. The molecule has 96 valence electrons. The number of ether oxygens (including phenoxy) is 2. The van der Waals surface area contributed by atoms with Gasteiger partial charge in [0.1, 0.15) is 0 Å². The van der Waals surface area contributed by atoms with Crippen molar-refractivity contribution in [1.29, 1.82) is 0 Å². The lowest BCUT2D eigenvalue weighted by molar-refractivity contribution is -0.290. The minimum atomic E-state index is -0.508. The Balaban J connectivity index is 2.86. The van der Waals surface area contributed by atoms with E-state index < -0.39 is 5.79 Å². The molecular weight excluding hydrogens is 202 g/mol. The Morgan fingerprint density at radius 3 is 1.94 bits per heavy atom. The maximum absolute atomic E-state index is 6.02. The molecule has 0 aromatic rings. The van der Waals surface area contributed by atoms with E-state index in [-0.39, 0.29) is 5.41 Å². The van der Waals surface area contributed by atoms with Crippen molar-refractivity contribution in [2.24, 2.45) is 11.1 Å². The molecule has 0 heterocycles. The zero-order valence-corrected chi connectivity index (χ0v) is 11.1. The molecule has 0 atom stereocenters. The van der Waals surface area contributed by atoms with Crippen molar-refractivity contribution in [3.63, 3.8) is 0 Å². The van der Waals surface area contributed by atoms with Crippen molar-refractivity contribution in [2.45, 2.75) is 58.7 Å². The summed E-state index contributed by atoms with van der Waals surface area (Å²) >= 11 is 0. The van der Waals surface area contributed by atoms with Crippen molar-refractivity contribution in [2.75, 3.05) is 19.8 Å². The molecule has 16 heavy (non-hydrogen) atoms. The second-order valence-corrected chi connectivity index (χ2v) is 4.86. The standard InChI is InChI=1S/C13H27NO2/c1-4-15-12(3,16-5-2)13(11-14)9-7-6-8-10-13/h4-11,14H2,1-3H3. The van der Waals surface area contributed by atoms with Gasteiger partial charge in [0.05, 0.1) is 0 Å². The highest BCUT2D eigenvalue weighted by atomic mass is 16.7. The molecule has 3 nitrogen and oxygen atoms in total. The van der Waals surface area contributed by atoms with Crippen LogP contribution in [0.3, 0.4) is 0 Å². The molecule has 1 rings (SSSR count). The van der Waals surface area contributed by atoms with Crippen LogP contribution in [0.2, 0.25) is 0 Å². The highest BCUT2D eigenvalue weighted by Gasteiger charge is 2.49. The summed E-state index contributed by atoms with van der Waals surface area (Å²) in [6.07, 6.45) is 6.05. The van der Waals surface area contributed by atoms with Crippen LogP contribution in [0, 0.1) is 5.41 Å². The van der Waals surface area contributed by atoms with Crippen molar-refractivity contribution in [3.8, 4) is 0 Å². The highest BCUT2D eigenvalue weighted by Crippen LogP contribution is 2.46. The fraction of sp³-hybridized carbons (Fsp3) is 1.00. The normalized spacial score (nSPS) is 21.0. The van der Waals surface area contributed by atoms with E-state index in [2.05, 4.69) is 6.92 Å². The van der Waals surface area contributed by atoms with Crippen LogP contribution in [0.15, 0.2) is 0 Å². The van der Waals surface area contributed by atoms with Crippen LogP contribution in [0.4, 0.5) is 0 Å². The van der Waals surface area contributed by atoms with E-state index >= 15 is 0 Å². The van der Waals surface area contributed by atoms with E-state index in [4.69, 9.17) is 15.2 Å². The molecule has 1 fully saturated rings. The second-order valence-electron chi connectivity index (χ2n) is 4.86. The first kappa shape index (κ1) is 13.9. The first-order valence-electron chi connectivity index (χ1n) is 6.62. The minimum Gasteiger partial charge on any atom is -0.350 e. The van der Waals surface area contributed by atoms with E-state index in [1.807, 2.05) is 13.8 Å². The molecule has 0 unspecified atom stereocenters. The van der Waals surface area contributed by atoms with Crippen LogP contribution in [0.25, 0.3) is 0 Å². The molecular formula is C13H27NO2. The maximum atomic E-state index is 6.02. The van der Waals surface area contributed by atoms with Gasteiger partial charge in [0.2, 0.25) is 0 Å². The summed E-state index contributed by atoms with van der Waals surface area (Å²) in [5.41, 5.74) is 6.04. The molecule has 0 saturated heterocycles. The number of nitrogens with two attached hydrogens (primary N) is 1. The molecule has 1 aliphatic carbocycles. The Hall–Kier alpha value is -0.120. The largest absolute Gasteiger partial charge is 0.350 e. The maximum Gasteiger partial charge on any atom is 0.172 e. The topological polar surface area (TPSA) is 44.5 Å². The van der Waals surface area contributed by atoms with Gasteiger partial charge in [-0.15, -0.1) is 0 Å². The van der Waals surface area contributed by atoms with E-state index in [9.17, 15) is 0 Å². The fourth-order valence-corrected chi connectivity index (χ4v) is 2.97. The SMILES string of the molecule is CCOC(C)(OCC)C1(CN)CCCCC1. The molecule has 0 aromatic carbocycles. The van der Waals surface area contributed by atoms with Crippen LogP contribution >= 0.6 is 0 Å². The van der Waals surface area contributed by atoms with E-state index in [0.29, 0.717) is 19.8 Å². The summed E-state index contributed by atoms with van der Waals surface area (Å²) in [7, 11) is 0. The average molecular weight is 229 g/mol. The van der Waals surface area contributed by atoms with Crippen molar-refractivity contribution >= 4 is 0 Å². The average Bonchev–Trinajstić information content (AvgIpc) is 2.30.